The molecule has 4 N–H and O–H groups in total. The number of hydrogen-bond acceptors (Lipinski definition) is 7. The van der Waals surface area contributed by atoms with Crippen molar-refractivity contribution in [3.8, 4) is 0 Å². The number of nitrogens with two attached hydrogens (primary N) is 2. The Kier molecular flexibility index (Phi) is 13.0. The van der Waals surface area contributed by atoms with Crippen LogP contribution in [-0.4, -0.2) is 64.9 Å². The van der Waals surface area contributed by atoms with Crippen LogP contribution in [0.2, 0.25) is 0 Å². The van der Waals surface area contributed by atoms with Gasteiger partial charge in [0.25, 0.3) is 0 Å². The average Bonchev–Trinajstić information content (AvgIpc) is 2.43. The van der Waals surface area contributed by atoms with Crippen LogP contribution < -0.4 is 11.6 Å². The van der Waals surface area contributed by atoms with E-state index in [9.17, 15) is 0 Å². The van der Waals surface area contributed by atoms with Gasteiger partial charge in [-0.05, 0) is 6.92 Å². The van der Waals surface area contributed by atoms with Crippen LogP contribution in [0.5, 0.6) is 0 Å². The summed E-state index contributed by atoms with van der Waals surface area (Å²) in [6.07, 6.45) is 1.46. The predicted octanol–water partition coefficient (Wildman–Crippen LogP) is -0.322. The van der Waals surface area contributed by atoms with E-state index in [4.69, 9.17) is 30.5 Å². The minimum Gasteiger partial charge on any atom is -0.403 e. The number of nitrogens with zero attached hydrogens (tertiary/aromatic N) is 1. The van der Waals surface area contributed by atoms with Gasteiger partial charge < -0.3 is 29.7 Å². The third-order valence-corrected chi connectivity index (χ3v) is 2.35. The van der Waals surface area contributed by atoms with Crippen molar-refractivity contribution in [3.63, 3.8) is 0 Å². The highest BCUT2D eigenvalue weighted by molar-refractivity contribution is 4.91. The van der Waals surface area contributed by atoms with Gasteiger partial charge in [0.1, 0.15) is 0 Å². The van der Waals surface area contributed by atoms with Crippen LogP contribution in [0.25, 0.3) is 0 Å². The van der Waals surface area contributed by atoms with Gasteiger partial charge in [-0.25, -0.2) is 5.84 Å². The Morgan fingerprint density at radius 1 is 0.947 bits per heavy atom. The molecule has 0 aromatic heterocycles. The molecule has 0 spiro atoms. The zero-order chi connectivity index (χ0) is 14.3. The lowest BCUT2D eigenvalue weighted by atomic mass is 10.5. The van der Waals surface area contributed by atoms with Crippen LogP contribution in [0.15, 0.2) is 11.9 Å². The molecule has 7 nitrogen and oxygen atoms in total. The predicted molar refractivity (Wildman–Crippen MR) is 73.2 cm³/mol. The lowest BCUT2D eigenvalue weighted by Gasteiger charge is -2.18. The maximum atomic E-state index is 5.70. The van der Waals surface area contributed by atoms with Crippen LogP contribution in [0, 0.1) is 0 Å². The second-order valence-electron chi connectivity index (χ2n) is 3.83. The summed E-state index contributed by atoms with van der Waals surface area (Å²) in [6, 6.07) is 0. The van der Waals surface area contributed by atoms with E-state index in [1.54, 1.807) is 12.1 Å². The first-order chi connectivity index (χ1) is 9.22. The summed E-state index contributed by atoms with van der Waals surface area (Å²) in [7, 11) is 1.64. The number of methoxy groups -OCH3 is 1. The van der Waals surface area contributed by atoms with Gasteiger partial charge in [-0.3, -0.25) is 0 Å². The Labute approximate surface area is 115 Å². The number of rotatable bonds is 13. The summed E-state index contributed by atoms with van der Waals surface area (Å²) < 4.78 is 20.8. The summed E-state index contributed by atoms with van der Waals surface area (Å²) in [5.41, 5.74) is 6.15. The Hall–Kier alpha value is -0.860. The molecule has 0 aromatic carbocycles. The fraction of sp³-hybridized carbons (Fsp3) is 0.833. The van der Waals surface area contributed by atoms with E-state index >= 15 is 0 Å². The van der Waals surface area contributed by atoms with Gasteiger partial charge in [0.15, 0.2) is 0 Å². The second-order valence-corrected chi connectivity index (χ2v) is 3.83. The Bertz CT molecular complexity index is 227. The highest BCUT2D eigenvalue weighted by Gasteiger charge is 1.98. The van der Waals surface area contributed by atoms with Gasteiger partial charge in [-0.15, -0.1) is 0 Å². The van der Waals surface area contributed by atoms with Crippen LogP contribution in [0.1, 0.15) is 6.92 Å². The van der Waals surface area contributed by atoms with Crippen molar-refractivity contribution in [1.29, 1.82) is 0 Å². The van der Waals surface area contributed by atoms with Gasteiger partial charge >= 0.3 is 0 Å². The fourth-order valence-corrected chi connectivity index (χ4v) is 1.12. The number of hydrogen-bond donors (Lipinski definition) is 2. The highest BCUT2D eigenvalue weighted by atomic mass is 16.6. The van der Waals surface area contributed by atoms with E-state index in [-0.39, 0.29) is 0 Å². The summed E-state index contributed by atoms with van der Waals surface area (Å²) in [5.74, 6) is 5.70. The zero-order valence-corrected chi connectivity index (χ0v) is 12.0. The normalized spacial score (nSPS) is 11.8. The molecule has 7 heteroatoms. The van der Waals surface area contributed by atoms with Crippen molar-refractivity contribution in [2.45, 2.75) is 6.92 Å². The minimum atomic E-state index is 0.537. The summed E-state index contributed by atoms with van der Waals surface area (Å²) in [6.45, 7) is 6.39. The molecule has 0 heterocycles. The van der Waals surface area contributed by atoms with Crippen LogP contribution in [-0.2, 0) is 18.9 Å². The van der Waals surface area contributed by atoms with Gasteiger partial charge in [0.2, 0.25) is 0 Å². The van der Waals surface area contributed by atoms with Crippen molar-refractivity contribution in [1.82, 2.24) is 5.01 Å². The molecule has 0 radical (unpaired) electrons. The van der Waals surface area contributed by atoms with E-state index < -0.39 is 0 Å². The van der Waals surface area contributed by atoms with Crippen molar-refractivity contribution in [2.75, 3.05) is 59.9 Å². The van der Waals surface area contributed by atoms with E-state index in [1.807, 2.05) is 6.92 Å². The molecular formula is C12H27N3O4. The first-order valence-corrected chi connectivity index (χ1v) is 6.35. The Balaban J connectivity index is 3.15. The third kappa shape index (κ3) is 11.9. The third-order valence-electron chi connectivity index (χ3n) is 2.35. The van der Waals surface area contributed by atoms with Gasteiger partial charge in [0, 0.05) is 19.0 Å². The first kappa shape index (κ1) is 18.1. The molecular weight excluding hydrogens is 250 g/mol. The molecule has 114 valence electrons. The highest BCUT2D eigenvalue weighted by Crippen LogP contribution is 1.93. The monoisotopic (exact) mass is 277 g/mol. The molecule has 0 fully saturated rings. The second kappa shape index (κ2) is 13.6. The Morgan fingerprint density at radius 3 is 1.89 bits per heavy atom. The quantitative estimate of drug-likeness (QED) is 0.271. The van der Waals surface area contributed by atoms with E-state index in [0.29, 0.717) is 52.8 Å². The number of allylic oxidation sites excluding steroid dienone is 1. The van der Waals surface area contributed by atoms with Gasteiger partial charge in [-0.1, -0.05) is 0 Å². The molecule has 0 aliphatic heterocycles. The largest absolute Gasteiger partial charge is 0.403 e. The molecule has 0 unspecified atom stereocenters. The van der Waals surface area contributed by atoms with Crippen LogP contribution in [0.3, 0.4) is 0 Å². The molecule has 0 rings (SSSR count). The molecule has 0 amide bonds. The van der Waals surface area contributed by atoms with Gasteiger partial charge in [0.05, 0.1) is 52.8 Å². The molecule has 0 saturated heterocycles. The molecule has 0 atom stereocenters. The summed E-state index contributed by atoms with van der Waals surface area (Å²) in [5, 5.41) is 1.55. The maximum absolute atomic E-state index is 5.70. The van der Waals surface area contributed by atoms with Crippen LogP contribution >= 0.6 is 0 Å². The summed E-state index contributed by atoms with van der Waals surface area (Å²) in [4.78, 5) is 0. The number of ether oxygens (including phenoxy) is 4. The molecule has 0 aromatic rings. The minimum absolute atomic E-state index is 0.537. The van der Waals surface area contributed by atoms with Crippen LogP contribution in [0.4, 0.5) is 0 Å². The number of hydrazine groups is 1. The summed E-state index contributed by atoms with van der Waals surface area (Å²) >= 11 is 0. The molecule has 19 heavy (non-hydrogen) atoms. The van der Waals surface area contributed by atoms with E-state index in [1.165, 1.54) is 6.20 Å². The zero-order valence-electron chi connectivity index (χ0n) is 12.0. The first-order valence-electron chi connectivity index (χ1n) is 6.35. The topological polar surface area (TPSA) is 92.2 Å². The molecule has 0 bridgehead atoms. The van der Waals surface area contributed by atoms with Crippen molar-refractivity contribution in [2.24, 2.45) is 11.6 Å². The van der Waals surface area contributed by atoms with Crippen molar-refractivity contribution < 1.29 is 18.9 Å². The fourth-order valence-electron chi connectivity index (χ4n) is 1.12. The molecule has 0 aliphatic carbocycles. The smallest absolute Gasteiger partial charge is 0.0701 e. The van der Waals surface area contributed by atoms with E-state index in [2.05, 4.69) is 0 Å². The Morgan fingerprint density at radius 2 is 1.42 bits per heavy atom. The maximum Gasteiger partial charge on any atom is 0.0701 e. The molecule has 0 aliphatic rings. The lowest BCUT2D eigenvalue weighted by molar-refractivity contribution is 0.00188. The van der Waals surface area contributed by atoms with E-state index in [0.717, 1.165) is 5.70 Å². The van der Waals surface area contributed by atoms with Crippen molar-refractivity contribution in [3.05, 3.63) is 11.9 Å². The lowest BCUT2D eigenvalue weighted by Crippen LogP contribution is -2.33. The SMILES string of the molecule is COCCOCCOCCOCCN(N)/C(C)=C\N. The van der Waals surface area contributed by atoms with Gasteiger partial charge in [-0.2, -0.15) is 0 Å². The standard InChI is InChI=1S/C12H27N3O4/c1-12(11-13)15(14)3-4-17-7-8-19-10-9-18-6-5-16-2/h11H,3-10,13-14H2,1-2H3/b12-11-. The van der Waals surface area contributed by atoms with Crippen molar-refractivity contribution >= 4 is 0 Å². The average molecular weight is 277 g/mol. The molecule has 0 saturated carbocycles.